The van der Waals surface area contributed by atoms with Gasteiger partial charge in [-0.3, -0.25) is 24.1 Å². The molecule has 1 saturated heterocycles. The summed E-state index contributed by atoms with van der Waals surface area (Å²) in [6.07, 6.45) is 3.46. The van der Waals surface area contributed by atoms with Crippen molar-refractivity contribution < 1.29 is 34.3 Å². The number of nitrogens with zero attached hydrogens (tertiary/aromatic N) is 1. The van der Waals surface area contributed by atoms with E-state index in [0.717, 1.165) is 10.5 Å². The van der Waals surface area contributed by atoms with E-state index in [9.17, 15) is 34.3 Å². The Balaban J connectivity index is 1.49. The number of carbonyl (C=O) groups is 4. The number of allylic oxidation sites excluding steroid dienone is 6. The molecule has 6 rings (SSSR count). The molecule has 0 spiro atoms. The predicted molar refractivity (Wildman–Crippen MR) is 149 cm³/mol. The van der Waals surface area contributed by atoms with Crippen LogP contribution in [0.2, 0.25) is 0 Å². The van der Waals surface area contributed by atoms with Crippen LogP contribution in [0, 0.1) is 17.8 Å². The standard InChI is InChI=1S/C28H20BBr2NO7/c30-13-4-7-21(33)18(9-13)23-15-5-6-16-24(17(15)10-19-25(23)22(34)11-20(31)26(19)35)28(37)32(27(16)36)14-3-1-2-12(8-14)29(38)39/h1-5,7-9,11,16-17,23-24,33,38-39H,6,10H2. The molecule has 0 saturated carbocycles. The van der Waals surface area contributed by atoms with Gasteiger partial charge in [0.2, 0.25) is 11.8 Å². The highest BCUT2D eigenvalue weighted by molar-refractivity contribution is 9.12. The van der Waals surface area contributed by atoms with Crippen LogP contribution < -0.4 is 10.4 Å². The fourth-order valence-corrected chi connectivity index (χ4v) is 7.22. The maximum absolute atomic E-state index is 13.9. The molecule has 4 unspecified atom stereocenters. The molecule has 2 amide bonds. The third kappa shape index (κ3) is 4.02. The average molecular weight is 653 g/mol. The van der Waals surface area contributed by atoms with E-state index in [1.54, 1.807) is 18.2 Å². The molecule has 2 aromatic rings. The van der Waals surface area contributed by atoms with Crippen molar-refractivity contribution in [2.75, 3.05) is 4.90 Å². The molecule has 4 aliphatic rings. The number of rotatable bonds is 3. The number of Topliss-reactive ketones (excluding diaryl/α,β-unsaturated/α-hetero) is 1. The van der Waals surface area contributed by atoms with Gasteiger partial charge in [-0.25, -0.2) is 0 Å². The Morgan fingerprint density at radius 1 is 0.949 bits per heavy atom. The summed E-state index contributed by atoms with van der Waals surface area (Å²) in [5.74, 6) is -4.42. The van der Waals surface area contributed by atoms with Gasteiger partial charge >= 0.3 is 7.12 Å². The van der Waals surface area contributed by atoms with Crippen LogP contribution in [0.1, 0.15) is 24.3 Å². The van der Waals surface area contributed by atoms with Gasteiger partial charge in [0.25, 0.3) is 0 Å². The molecule has 1 heterocycles. The van der Waals surface area contributed by atoms with E-state index in [1.165, 1.54) is 30.3 Å². The SMILES string of the molecule is O=C1C=C(Br)C(=O)C2=C1C(c1cc(Br)ccc1O)C1=CCC3C(=O)N(c4cccc(B(O)O)c4)C(=O)C3C1C2. The van der Waals surface area contributed by atoms with Crippen LogP contribution >= 0.6 is 31.9 Å². The molecule has 4 atom stereocenters. The van der Waals surface area contributed by atoms with E-state index in [-0.39, 0.29) is 56.9 Å². The van der Waals surface area contributed by atoms with Gasteiger partial charge in [0.15, 0.2) is 11.6 Å². The van der Waals surface area contributed by atoms with Crippen molar-refractivity contribution in [3.8, 4) is 5.75 Å². The van der Waals surface area contributed by atoms with Crippen molar-refractivity contribution in [2.45, 2.75) is 18.8 Å². The molecule has 8 nitrogen and oxygen atoms in total. The summed E-state index contributed by atoms with van der Waals surface area (Å²) >= 11 is 6.63. The van der Waals surface area contributed by atoms with E-state index in [4.69, 9.17) is 0 Å². The number of imide groups is 1. The summed E-state index contributed by atoms with van der Waals surface area (Å²) in [4.78, 5) is 55.2. The maximum Gasteiger partial charge on any atom is 0.488 e. The number of hydrogen-bond donors (Lipinski definition) is 3. The summed E-state index contributed by atoms with van der Waals surface area (Å²) in [5, 5.41) is 30.1. The Hall–Kier alpha value is -3.12. The molecule has 3 aliphatic carbocycles. The van der Waals surface area contributed by atoms with E-state index >= 15 is 0 Å². The highest BCUT2D eigenvalue weighted by atomic mass is 79.9. The van der Waals surface area contributed by atoms with E-state index in [2.05, 4.69) is 31.9 Å². The number of halogens is 2. The number of anilines is 1. The van der Waals surface area contributed by atoms with Gasteiger partial charge in [-0.05, 0) is 70.5 Å². The van der Waals surface area contributed by atoms with Crippen LogP contribution in [0.3, 0.4) is 0 Å². The van der Waals surface area contributed by atoms with E-state index in [1.807, 2.05) is 6.08 Å². The number of phenolic OH excluding ortho intramolecular Hbond substituents is 1. The van der Waals surface area contributed by atoms with Crippen molar-refractivity contribution in [1.29, 1.82) is 0 Å². The molecule has 11 heteroatoms. The van der Waals surface area contributed by atoms with Crippen LogP contribution in [0.15, 0.2) is 80.3 Å². The molecule has 0 radical (unpaired) electrons. The highest BCUT2D eigenvalue weighted by Crippen LogP contribution is 2.56. The summed E-state index contributed by atoms with van der Waals surface area (Å²) in [5.41, 5.74) is 2.07. The minimum absolute atomic E-state index is 0.0533. The maximum atomic E-state index is 13.9. The van der Waals surface area contributed by atoms with Gasteiger partial charge in [0.05, 0.1) is 22.0 Å². The molecule has 196 valence electrons. The molecule has 2 aromatic carbocycles. The van der Waals surface area contributed by atoms with Crippen LogP contribution in [0.5, 0.6) is 5.75 Å². The van der Waals surface area contributed by atoms with Crippen LogP contribution in [-0.4, -0.2) is 45.7 Å². The van der Waals surface area contributed by atoms with Crippen LogP contribution in [0.4, 0.5) is 5.69 Å². The molecular weight excluding hydrogens is 633 g/mol. The lowest BCUT2D eigenvalue weighted by atomic mass is 9.59. The zero-order chi connectivity index (χ0) is 27.7. The first-order chi connectivity index (χ1) is 18.6. The van der Waals surface area contributed by atoms with Crippen molar-refractivity contribution in [1.82, 2.24) is 0 Å². The van der Waals surface area contributed by atoms with Crippen LogP contribution in [-0.2, 0) is 19.2 Å². The summed E-state index contributed by atoms with van der Waals surface area (Å²) < 4.78 is 0.794. The molecule has 1 aliphatic heterocycles. The number of hydrogen-bond acceptors (Lipinski definition) is 7. The Morgan fingerprint density at radius 2 is 1.72 bits per heavy atom. The third-order valence-electron chi connectivity index (χ3n) is 8.06. The van der Waals surface area contributed by atoms with Crippen molar-refractivity contribution in [3.63, 3.8) is 0 Å². The summed E-state index contributed by atoms with van der Waals surface area (Å²) in [6, 6.07) is 10.8. The van der Waals surface area contributed by atoms with E-state index in [0.29, 0.717) is 10.0 Å². The second-order valence-corrected chi connectivity index (χ2v) is 11.8. The predicted octanol–water partition coefficient (Wildman–Crippen LogP) is 2.80. The number of aromatic hydroxyl groups is 1. The zero-order valence-electron chi connectivity index (χ0n) is 20.2. The van der Waals surface area contributed by atoms with Crippen molar-refractivity contribution in [3.05, 3.63) is 85.9 Å². The molecule has 3 N–H and O–H groups in total. The lowest BCUT2D eigenvalue weighted by molar-refractivity contribution is -0.123. The molecule has 39 heavy (non-hydrogen) atoms. The highest BCUT2D eigenvalue weighted by Gasteiger charge is 2.57. The van der Waals surface area contributed by atoms with Gasteiger partial charge in [-0.15, -0.1) is 0 Å². The normalized spacial score (nSPS) is 26.2. The fraction of sp³-hybridized carbons (Fsp3) is 0.214. The summed E-state index contributed by atoms with van der Waals surface area (Å²) in [7, 11) is -1.77. The molecule has 0 aromatic heterocycles. The molecular formula is C28H20BBr2NO7. The second-order valence-electron chi connectivity index (χ2n) is 10.1. The van der Waals surface area contributed by atoms with E-state index < -0.39 is 42.6 Å². The molecule has 0 bridgehead atoms. The minimum atomic E-state index is -1.77. The van der Waals surface area contributed by atoms with Gasteiger partial charge in [-0.1, -0.05) is 39.7 Å². The zero-order valence-corrected chi connectivity index (χ0v) is 23.3. The quantitative estimate of drug-likeness (QED) is 0.201. The largest absolute Gasteiger partial charge is 0.508 e. The number of benzene rings is 2. The Morgan fingerprint density at radius 3 is 2.46 bits per heavy atom. The fourth-order valence-electron chi connectivity index (χ4n) is 6.40. The lowest BCUT2D eigenvalue weighted by Gasteiger charge is -2.42. The summed E-state index contributed by atoms with van der Waals surface area (Å²) in [6.45, 7) is 0. The van der Waals surface area contributed by atoms with Crippen molar-refractivity contribution in [2.24, 2.45) is 17.8 Å². The van der Waals surface area contributed by atoms with Crippen LogP contribution in [0.25, 0.3) is 0 Å². The number of phenols is 1. The lowest BCUT2D eigenvalue weighted by Crippen LogP contribution is -2.39. The van der Waals surface area contributed by atoms with Gasteiger partial charge < -0.3 is 15.2 Å². The Bertz CT molecular complexity index is 1590. The first kappa shape index (κ1) is 26.1. The first-order valence-electron chi connectivity index (χ1n) is 12.3. The number of carbonyl (C=O) groups excluding carboxylic acids is 4. The number of ketones is 2. The van der Waals surface area contributed by atoms with Crippen molar-refractivity contribution >= 4 is 73.5 Å². The molecule has 1 fully saturated rings. The average Bonchev–Trinajstić information content (AvgIpc) is 3.17. The third-order valence-corrected chi connectivity index (χ3v) is 9.14. The smallest absolute Gasteiger partial charge is 0.488 e. The number of amides is 2. The Labute approximate surface area is 240 Å². The van der Waals surface area contributed by atoms with Gasteiger partial charge in [0.1, 0.15) is 5.75 Å². The Kier molecular flexibility index (Phi) is 6.37. The van der Waals surface area contributed by atoms with Gasteiger partial charge in [0, 0.05) is 33.2 Å². The second kappa shape index (κ2) is 9.51. The minimum Gasteiger partial charge on any atom is -0.508 e. The van der Waals surface area contributed by atoms with Gasteiger partial charge in [-0.2, -0.15) is 0 Å². The number of fused-ring (bicyclic) bond motifs is 3. The first-order valence-corrected chi connectivity index (χ1v) is 13.9. The monoisotopic (exact) mass is 651 g/mol. The topological polar surface area (TPSA) is 132 Å².